The van der Waals surface area contributed by atoms with Crippen LogP contribution < -0.4 is 11.5 Å². The number of nitrogens with two attached hydrogens (primary N) is 2. The molecule has 4 nitrogen and oxygen atoms in total. The Morgan fingerprint density at radius 1 is 1.33 bits per heavy atom. The first-order chi connectivity index (χ1) is 5.57. The van der Waals surface area contributed by atoms with Crippen molar-refractivity contribution in [3.8, 4) is 5.75 Å². The van der Waals surface area contributed by atoms with E-state index in [-0.39, 0.29) is 18.0 Å². The van der Waals surface area contributed by atoms with E-state index in [4.69, 9.17) is 16.6 Å². The summed E-state index contributed by atoms with van der Waals surface area (Å²) in [7, 11) is 0. The van der Waals surface area contributed by atoms with Crippen LogP contribution in [0.15, 0.2) is 6.07 Å². The second-order valence-corrected chi connectivity index (χ2v) is 2.67. The van der Waals surface area contributed by atoms with Crippen LogP contribution in [0.5, 0.6) is 5.75 Å². The van der Waals surface area contributed by atoms with Crippen molar-refractivity contribution < 1.29 is 10.2 Å². The molecule has 0 saturated heterocycles. The summed E-state index contributed by atoms with van der Waals surface area (Å²) < 4.78 is 0. The number of hydrogen-bond acceptors (Lipinski definition) is 4. The molecular weight excluding hydrogens is 156 g/mol. The van der Waals surface area contributed by atoms with Gasteiger partial charge in [-0.05, 0) is 18.6 Å². The van der Waals surface area contributed by atoms with Gasteiger partial charge in [-0.2, -0.15) is 0 Å². The van der Waals surface area contributed by atoms with Crippen LogP contribution in [0, 0.1) is 6.92 Å². The van der Waals surface area contributed by atoms with Crippen LogP contribution in [0.2, 0.25) is 0 Å². The highest BCUT2D eigenvalue weighted by Gasteiger charge is 2.08. The van der Waals surface area contributed by atoms with E-state index in [0.717, 1.165) is 0 Å². The lowest BCUT2D eigenvalue weighted by Gasteiger charge is -2.10. The van der Waals surface area contributed by atoms with Gasteiger partial charge in [0.05, 0.1) is 12.3 Å². The molecule has 0 unspecified atom stereocenters. The van der Waals surface area contributed by atoms with E-state index in [0.29, 0.717) is 16.8 Å². The molecule has 66 valence electrons. The number of aliphatic hydroxyl groups is 1. The number of nitrogen functional groups attached to an aromatic ring is 2. The first kappa shape index (κ1) is 8.67. The fourth-order valence-electron chi connectivity index (χ4n) is 1.03. The van der Waals surface area contributed by atoms with E-state index < -0.39 is 0 Å². The number of benzene rings is 1. The lowest BCUT2D eigenvalue weighted by Crippen LogP contribution is -2.01. The molecule has 0 amide bonds. The van der Waals surface area contributed by atoms with Gasteiger partial charge in [0.1, 0.15) is 5.75 Å². The number of anilines is 2. The van der Waals surface area contributed by atoms with Gasteiger partial charge < -0.3 is 21.7 Å². The molecule has 4 heteroatoms. The Morgan fingerprint density at radius 3 is 2.42 bits per heavy atom. The van der Waals surface area contributed by atoms with Gasteiger partial charge in [-0.15, -0.1) is 0 Å². The SMILES string of the molecule is Cc1c(N)c(O)cc(CO)c1N. The molecule has 0 radical (unpaired) electrons. The largest absolute Gasteiger partial charge is 0.506 e. The predicted octanol–water partition coefficient (Wildman–Crippen LogP) is 0.357. The topological polar surface area (TPSA) is 92.5 Å². The molecule has 0 aliphatic heterocycles. The first-order valence-electron chi connectivity index (χ1n) is 3.55. The molecular formula is C8H12N2O2. The quantitative estimate of drug-likeness (QED) is 0.277. The Bertz CT molecular complexity index is 310. The molecule has 0 atom stereocenters. The van der Waals surface area contributed by atoms with Crippen molar-refractivity contribution in [2.75, 3.05) is 11.5 Å². The summed E-state index contributed by atoms with van der Waals surface area (Å²) >= 11 is 0. The monoisotopic (exact) mass is 168 g/mol. The van der Waals surface area contributed by atoms with Crippen LogP contribution >= 0.6 is 0 Å². The predicted molar refractivity (Wildman–Crippen MR) is 47.6 cm³/mol. The van der Waals surface area contributed by atoms with E-state index in [1.165, 1.54) is 6.07 Å². The summed E-state index contributed by atoms with van der Waals surface area (Å²) in [6.45, 7) is 1.50. The Hall–Kier alpha value is -1.42. The highest BCUT2D eigenvalue weighted by atomic mass is 16.3. The first-order valence-corrected chi connectivity index (χ1v) is 3.55. The van der Waals surface area contributed by atoms with Crippen molar-refractivity contribution in [1.29, 1.82) is 0 Å². The van der Waals surface area contributed by atoms with E-state index in [2.05, 4.69) is 0 Å². The summed E-state index contributed by atoms with van der Waals surface area (Å²) in [5.74, 6) is -0.0363. The van der Waals surface area contributed by atoms with Crippen molar-refractivity contribution in [1.82, 2.24) is 0 Å². The van der Waals surface area contributed by atoms with E-state index in [9.17, 15) is 5.11 Å². The lowest BCUT2D eigenvalue weighted by molar-refractivity contribution is 0.282. The molecule has 0 bridgehead atoms. The Labute approximate surface area is 70.4 Å². The fraction of sp³-hybridized carbons (Fsp3) is 0.250. The summed E-state index contributed by atoms with van der Waals surface area (Å²) in [6.07, 6.45) is 0. The molecule has 1 aromatic rings. The van der Waals surface area contributed by atoms with E-state index in [1.807, 2.05) is 0 Å². The van der Waals surface area contributed by atoms with Crippen LogP contribution in [-0.2, 0) is 6.61 Å². The van der Waals surface area contributed by atoms with Gasteiger partial charge in [0.2, 0.25) is 0 Å². The second kappa shape index (κ2) is 2.91. The van der Waals surface area contributed by atoms with Gasteiger partial charge in [-0.3, -0.25) is 0 Å². The summed E-state index contributed by atoms with van der Waals surface area (Å²) in [4.78, 5) is 0. The van der Waals surface area contributed by atoms with Crippen LogP contribution in [0.1, 0.15) is 11.1 Å². The number of phenolic OH excluding ortho intramolecular Hbond substituents is 1. The normalized spacial score (nSPS) is 10.2. The highest BCUT2D eigenvalue weighted by Crippen LogP contribution is 2.31. The maximum atomic E-state index is 9.24. The molecule has 0 aromatic heterocycles. The Balaban J connectivity index is 3.39. The average molecular weight is 168 g/mol. The van der Waals surface area contributed by atoms with Gasteiger partial charge in [0.25, 0.3) is 0 Å². The molecule has 6 N–H and O–H groups in total. The molecule has 0 heterocycles. The average Bonchev–Trinajstić information content (AvgIpc) is 2.08. The zero-order valence-electron chi connectivity index (χ0n) is 6.83. The second-order valence-electron chi connectivity index (χ2n) is 2.67. The zero-order chi connectivity index (χ0) is 9.30. The number of phenols is 1. The highest BCUT2D eigenvalue weighted by molar-refractivity contribution is 5.70. The van der Waals surface area contributed by atoms with E-state index in [1.54, 1.807) is 6.92 Å². The maximum absolute atomic E-state index is 9.24. The third kappa shape index (κ3) is 1.16. The zero-order valence-corrected chi connectivity index (χ0v) is 6.83. The minimum atomic E-state index is -0.194. The molecule has 0 aliphatic rings. The third-order valence-corrected chi connectivity index (χ3v) is 1.91. The van der Waals surface area contributed by atoms with Crippen LogP contribution in [0.25, 0.3) is 0 Å². The minimum absolute atomic E-state index is 0.0363. The number of aromatic hydroxyl groups is 1. The molecule has 1 rings (SSSR count). The van der Waals surface area contributed by atoms with Crippen molar-refractivity contribution in [2.24, 2.45) is 0 Å². The minimum Gasteiger partial charge on any atom is -0.506 e. The van der Waals surface area contributed by atoms with E-state index >= 15 is 0 Å². The van der Waals surface area contributed by atoms with Crippen LogP contribution in [0.4, 0.5) is 11.4 Å². The Kier molecular flexibility index (Phi) is 2.10. The van der Waals surface area contributed by atoms with Crippen molar-refractivity contribution in [2.45, 2.75) is 13.5 Å². The van der Waals surface area contributed by atoms with Gasteiger partial charge in [0, 0.05) is 11.3 Å². The fourth-order valence-corrected chi connectivity index (χ4v) is 1.03. The molecule has 0 spiro atoms. The van der Waals surface area contributed by atoms with Crippen LogP contribution in [-0.4, -0.2) is 10.2 Å². The standard InChI is InChI=1S/C8H12N2O2/c1-4-7(9)5(3-11)2-6(12)8(4)10/h2,11-12H,3,9-10H2,1H3. The molecule has 0 saturated carbocycles. The Morgan fingerprint density at radius 2 is 1.92 bits per heavy atom. The molecule has 1 aromatic carbocycles. The molecule has 0 fully saturated rings. The van der Waals surface area contributed by atoms with Crippen LogP contribution in [0.3, 0.4) is 0 Å². The van der Waals surface area contributed by atoms with Gasteiger partial charge in [-0.1, -0.05) is 0 Å². The van der Waals surface area contributed by atoms with Crippen molar-refractivity contribution in [3.63, 3.8) is 0 Å². The summed E-state index contributed by atoms with van der Waals surface area (Å²) in [6, 6.07) is 1.37. The summed E-state index contributed by atoms with van der Waals surface area (Å²) in [5, 5.41) is 18.1. The van der Waals surface area contributed by atoms with Crippen molar-refractivity contribution >= 4 is 11.4 Å². The smallest absolute Gasteiger partial charge is 0.139 e. The van der Waals surface area contributed by atoms with Gasteiger partial charge >= 0.3 is 0 Å². The molecule has 0 aliphatic carbocycles. The van der Waals surface area contributed by atoms with Crippen molar-refractivity contribution in [3.05, 3.63) is 17.2 Å². The lowest BCUT2D eigenvalue weighted by atomic mass is 10.1. The van der Waals surface area contributed by atoms with Gasteiger partial charge in [-0.25, -0.2) is 0 Å². The number of rotatable bonds is 1. The number of hydrogen-bond donors (Lipinski definition) is 4. The summed E-state index contributed by atoms with van der Waals surface area (Å²) in [5.41, 5.74) is 12.9. The molecule has 12 heavy (non-hydrogen) atoms. The third-order valence-electron chi connectivity index (χ3n) is 1.91. The maximum Gasteiger partial charge on any atom is 0.139 e. The van der Waals surface area contributed by atoms with Gasteiger partial charge in [0.15, 0.2) is 0 Å². The number of aliphatic hydroxyl groups excluding tert-OH is 1.